The Morgan fingerprint density at radius 2 is 1.93 bits per heavy atom. The molecule has 1 aliphatic heterocycles. The Morgan fingerprint density at radius 3 is 2.62 bits per heavy atom. The van der Waals surface area contributed by atoms with Crippen molar-refractivity contribution >= 4 is 34.5 Å². The number of rotatable bonds is 8. The first-order valence-corrected chi connectivity index (χ1v) is 11.6. The second-order valence-electron chi connectivity index (χ2n) is 9.10. The van der Waals surface area contributed by atoms with Crippen molar-refractivity contribution < 1.29 is 36.6 Å². The molecule has 0 aliphatic carbocycles. The number of pyridine rings is 1. The highest BCUT2D eigenvalue weighted by Gasteiger charge is 2.57. The third-order valence-corrected chi connectivity index (χ3v) is 6.47. The van der Waals surface area contributed by atoms with Crippen LogP contribution >= 0.6 is 0 Å². The van der Waals surface area contributed by atoms with Crippen LogP contribution in [0.3, 0.4) is 0 Å². The van der Waals surface area contributed by atoms with Gasteiger partial charge in [0.1, 0.15) is 28.4 Å². The molecule has 1 amide bonds. The summed E-state index contributed by atoms with van der Waals surface area (Å²) in [6.07, 6.45) is -4.93. The number of nitrogens with two attached hydrogens (primary N) is 1. The van der Waals surface area contributed by atoms with Crippen LogP contribution in [0.15, 0.2) is 24.5 Å². The lowest BCUT2D eigenvalue weighted by Gasteiger charge is -2.19. The SMILES string of the molecule is C[C@@]1(c2cnn(CCC(=O)O)n2)C(=O)Nc2nc(-c3nn(CCC(F)(F)C(F)(F)F)c4ncccc34)nc(N)c21. The Balaban J connectivity index is 1.53. The van der Waals surface area contributed by atoms with Gasteiger partial charge in [-0.25, -0.2) is 19.6 Å². The normalized spacial score (nSPS) is 17.3. The third-order valence-electron chi connectivity index (χ3n) is 6.47. The molecule has 4 aromatic rings. The van der Waals surface area contributed by atoms with Crippen molar-refractivity contribution in [3.63, 3.8) is 0 Å². The average molecular weight is 566 g/mol. The van der Waals surface area contributed by atoms with Crippen molar-refractivity contribution in [2.45, 2.75) is 50.4 Å². The molecule has 1 aliphatic rings. The van der Waals surface area contributed by atoms with Gasteiger partial charge in [0.15, 0.2) is 11.5 Å². The molecular formula is C22H19F5N10O3. The van der Waals surface area contributed by atoms with Crippen molar-refractivity contribution in [1.29, 1.82) is 0 Å². The van der Waals surface area contributed by atoms with Gasteiger partial charge in [0, 0.05) is 19.2 Å². The first-order chi connectivity index (χ1) is 18.7. The van der Waals surface area contributed by atoms with Gasteiger partial charge >= 0.3 is 18.1 Å². The van der Waals surface area contributed by atoms with Gasteiger partial charge in [-0.1, -0.05) is 0 Å². The molecule has 0 saturated heterocycles. The molecule has 5 heterocycles. The van der Waals surface area contributed by atoms with Crippen molar-refractivity contribution in [2.24, 2.45) is 0 Å². The van der Waals surface area contributed by atoms with Crippen molar-refractivity contribution in [1.82, 2.24) is 39.7 Å². The zero-order valence-electron chi connectivity index (χ0n) is 20.4. The topological polar surface area (TPSA) is 180 Å². The van der Waals surface area contributed by atoms with Crippen LogP contribution in [0.5, 0.6) is 0 Å². The molecule has 4 aromatic heterocycles. The Morgan fingerprint density at radius 1 is 1.18 bits per heavy atom. The largest absolute Gasteiger partial charge is 0.481 e. The third kappa shape index (κ3) is 4.34. The first kappa shape index (κ1) is 26.8. The summed E-state index contributed by atoms with van der Waals surface area (Å²) in [7, 11) is 0. The molecule has 0 aromatic carbocycles. The smallest absolute Gasteiger partial charge is 0.453 e. The molecule has 40 heavy (non-hydrogen) atoms. The minimum absolute atomic E-state index is 0.00427. The van der Waals surface area contributed by atoms with Gasteiger partial charge in [0.2, 0.25) is 5.91 Å². The summed E-state index contributed by atoms with van der Waals surface area (Å²) in [6, 6.07) is 3.01. The van der Waals surface area contributed by atoms with Crippen LogP contribution in [0.1, 0.15) is 31.0 Å². The number of nitrogen functional groups attached to an aromatic ring is 1. The lowest BCUT2D eigenvalue weighted by Crippen LogP contribution is -2.37. The number of halogens is 5. The molecule has 13 nitrogen and oxygen atoms in total. The number of anilines is 2. The highest BCUT2D eigenvalue weighted by atomic mass is 19.4. The van der Waals surface area contributed by atoms with E-state index in [1.165, 1.54) is 31.5 Å². The Bertz CT molecular complexity index is 1650. The number of hydrogen-bond acceptors (Lipinski definition) is 9. The molecule has 0 fully saturated rings. The Hall–Kier alpha value is -4.77. The predicted octanol–water partition coefficient (Wildman–Crippen LogP) is 2.38. The molecule has 210 valence electrons. The van der Waals surface area contributed by atoms with E-state index in [2.05, 4.69) is 35.6 Å². The monoisotopic (exact) mass is 566 g/mol. The lowest BCUT2D eigenvalue weighted by molar-refractivity contribution is -0.285. The number of carbonyl (C=O) groups excluding carboxylic acids is 1. The summed E-state index contributed by atoms with van der Waals surface area (Å²) in [5.74, 6) is -6.86. The van der Waals surface area contributed by atoms with E-state index in [-0.39, 0.29) is 58.4 Å². The maximum atomic E-state index is 13.6. The van der Waals surface area contributed by atoms with Gasteiger partial charge in [0.05, 0.1) is 30.1 Å². The Kier molecular flexibility index (Phi) is 6.14. The quantitative estimate of drug-likeness (QED) is 0.268. The number of aliphatic carboxylic acids is 1. The van der Waals surface area contributed by atoms with Gasteiger partial charge < -0.3 is 16.2 Å². The molecule has 0 bridgehead atoms. The first-order valence-electron chi connectivity index (χ1n) is 11.6. The number of nitrogens with zero attached hydrogens (tertiary/aromatic N) is 8. The molecule has 0 spiro atoms. The van der Waals surface area contributed by atoms with Crippen molar-refractivity contribution in [3.05, 3.63) is 35.8 Å². The van der Waals surface area contributed by atoms with E-state index in [0.29, 0.717) is 0 Å². The van der Waals surface area contributed by atoms with E-state index < -0.39 is 42.4 Å². The maximum Gasteiger partial charge on any atom is 0.453 e. The van der Waals surface area contributed by atoms with E-state index in [4.69, 9.17) is 10.8 Å². The Labute approximate surface area is 220 Å². The molecule has 0 unspecified atom stereocenters. The molecule has 5 rings (SSSR count). The summed E-state index contributed by atoms with van der Waals surface area (Å²) in [6.45, 7) is 0.657. The fourth-order valence-corrected chi connectivity index (χ4v) is 4.31. The molecule has 1 atom stereocenters. The number of carboxylic acids is 1. The molecule has 18 heteroatoms. The summed E-state index contributed by atoms with van der Waals surface area (Å²) >= 11 is 0. The number of alkyl halides is 5. The van der Waals surface area contributed by atoms with Gasteiger partial charge in [-0.05, 0) is 19.1 Å². The maximum absolute atomic E-state index is 13.6. The number of hydrogen-bond donors (Lipinski definition) is 3. The van der Waals surface area contributed by atoms with E-state index in [1.54, 1.807) is 0 Å². The standard InChI is InChI=1S/C22H19F5N10O3/c1-20(11-9-30-37(34-11)7-4-12(38)39)13-15(28)31-17(32-16(13)33-19(20)40)14-10-3-2-6-29-18(10)36(35-14)8-5-21(23,24)22(25,26)27/h2-3,6,9H,4-5,7-8H2,1H3,(H,38,39)(H3,28,31,32,33,40)/t20-/m0/s1. The van der Waals surface area contributed by atoms with E-state index in [9.17, 15) is 31.5 Å². The van der Waals surface area contributed by atoms with Crippen molar-refractivity contribution in [3.8, 4) is 11.5 Å². The number of aryl methyl sites for hydroxylation is 2. The minimum atomic E-state index is -5.73. The molecule has 0 radical (unpaired) electrons. The second-order valence-corrected chi connectivity index (χ2v) is 9.10. The highest BCUT2D eigenvalue weighted by molar-refractivity contribution is 6.09. The zero-order chi connectivity index (χ0) is 29.0. The fourth-order valence-electron chi connectivity index (χ4n) is 4.31. The number of aromatic nitrogens is 8. The fraction of sp³-hybridized carbons (Fsp3) is 0.364. The second kappa shape index (κ2) is 9.16. The predicted molar refractivity (Wildman–Crippen MR) is 126 cm³/mol. The summed E-state index contributed by atoms with van der Waals surface area (Å²) < 4.78 is 66.1. The molecule has 0 saturated carbocycles. The summed E-state index contributed by atoms with van der Waals surface area (Å²) in [5, 5.41) is 24.1. The van der Waals surface area contributed by atoms with Crippen LogP contribution in [0, 0.1) is 0 Å². The molecule has 4 N–H and O–H groups in total. The number of nitrogens with one attached hydrogen (secondary N) is 1. The van der Waals surface area contributed by atoms with E-state index >= 15 is 0 Å². The van der Waals surface area contributed by atoms with Crippen LogP contribution < -0.4 is 11.1 Å². The van der Waals surface area contributed by atoms with Crippen LogP contribution in [0.2, 0.25) is 0 Å². The van der Waals surface area contributed by atoms with Gasteiger partial charge in [-0.2, -0.15) is 42.0 Å². The van der Waals surface area contributed by atoms with Gasteiger partial charge in [0.25, 0.3) is 0 Å². The van der Waals surface area contributed by atoms with Crippen LogP contribution in [0.25, 0.3) is 22.6 Å². The summed E-state index contributed by atoms with van der Waals surface area (Å²) in [4.78, 5) is 37.7. The highest BCUT2D eigenvalue weighted by Crippen LogP contribution is 2.44. The van der Waals surface area contributed by atoms with E-state index in [0.717, 1.165) is 9.48 Å². The lowest BCUT2D eigenvalue weighted by atomic mass is 9.81. The van der Waals surface area contributed by atoms with Crippen molar-refractivity contribution in [2.75, 3.05) is 11.1 Å². The molecular weight excluding hydrogens is 547 g/mol. The number of carbonyl (C=O) groups is 2. The van der Waals surface area contributed by atoms with E-state index in [1.807, 2.05) is 0 Å². The van der Waals surface area contributed by atoms with Crippen LogP contribution in [-0.4, -0.2) is 68.8 Å². The van der Waals surface area contributed by atoms with Gasteiger partial charge in [-0.3, -0.25) is 9.59 Å². The number of amides is 1. The van der Waals surface area contributed by atoms with Gasteiger partial charge in [-0.15, -0.1) is 0 Å². The van der Waals surface area contributed by atoms with Crippen LogP contribution in [-0.2, 0) is 28.1 Å². The number of carboxylic acid groups (broad SMARTS) is 1. The minimum Gasteiger partial charge on any atom is -0.481 e. The number of fused-ring (bicyclic) bond motifs is 2. The summed E-state index contributed by atoms with van der Waals surface area (Å²) in [5.41, 5.74) is 5.09. The average Bonchev–Trinajstić information content (AvgIpc) is 3.56. The zero-order valence-corrected chi connectivity index (χ0v) is 20.4. The van der Waals surface area contributed by atoms with Crippen LogP contribution in [0.4, 0.5) is 33.6 Å².